The van der Waals surface area contributed by atoms with E-state index >= 15 is 0 Å². The zero-order valence-corrected chi connectivity index (χ0v) is 13.8. The van der Waals surface area contributed by atoms with Crippen LogP contribution in [0.1, 0.15) is 49.4 Å². The van der Waals surface area contributed by atoms with Gasteiger partial charge in [0.05, 0.1) is 0 Å². The molecule has 1 aromatic rings. The van der Waals surface area contributed by atoms with Crippen molar-refractivity contribution in [1.29, 1.82) is 0 Å². The molecule has 0 saturated carbocycles. The smallest absolute Gasteiger partial charge is 0.251 e. The Kier molecular flexibility index (Phi) is 6.59. The number of benzene rings is 1. The minimum Gasteiger partial charge on any atom is -0.352 e. The second kappa shape index (κ2) is 8.67. The Morgan fingerprint density at radius 1 is 1.30 bits per heavy atom. The van der Waals surface area contributed by atoms with Crippen molar-refractivity contribution in [1.82, 2.24) is 10.2 Å². The SMILES string of the molecule is CC(N)C1CCCCN1C(=O)CCCNC(=O)c1ccccc1. The maximum absolute atomic E-state index is 12.4. The maximum atomic E-state index is 12.4. The standard InChI is InChI=1S/C18H27N3O2/c1-14(19)16-10-5-6-13-21(16)17(22)11-7-12-20-18(23)15-8-3-2-4-9-15/h2-4,8-9,14,16H,5-7,10-13,19H2,1H3,(H,20,23). The molecule has 1 aliphatic rings. The van der Waals surface area contributed by atoms with Crippen LogP contribution >= 0.6 is 0 Å². The van der Waals surface area contributed by atoms with Gasteiger partial charge in [0.1, 0.15) is 0 Å². The first-order valence-electron chi connectivity index (χ1n) is 8.48. The van der Waals surface area contributed by atoms with E-state index in [4.69, 9.17) is 5.73 Å². The van der Waals surface area contributed by atoms with Crippen molar-refractivity contribution in [3.05, 3.63) is 35.9 Å². The molecule has 1 saturated heterocycles. The summed E-state index contributed by atoms with van der Waals surface area (Å²) in [5.41, 5.74) is 6.65. The molecule has 2 amide bonds. The van der Waals surface area contributed by atoms with Gasteiger partial charge in [0.15, 0.2) is 0 Å². The van der Waals surface area contributed by atoms with Crippen LogP contribution in [-0.4, -0.2) is 41.9 Å². The Bertz CT molecular complexity index is 516. The van der Waals surface area contributed by atoms with E-state index in [1.54, 1.807) is 12.1 Å². The van der Waals surface area contributed by atoms with Gasteiger partial charge in [-0.15, -0.1) is 0 Å². The summed E-state index contributed by atoms with van der Waals surface area (Å²) in [6.45, 7) is 3.29. The topological polar surface area (TPSA) is 75.4 Å². The van der Waals surface area contributed by atoms with E-state index in [1.807, 2.05) is 30.0 Å². The number of likely N-dealkylation sites (tertiary alicyclic amines) is 1. The molecule has 0 aliphatic carbocycles. The first kappa shape index (κ1) is 17.5. The minimum atomic E-state index is -0.0931. The third kappa shape index (κ3) is 5.06. The molecular weight excluding hydrogens is 290 g/mol. The molecule has 3 N–H and O–H groups in total. The molecule has 0 bridgehead atoms. The molecule has 0 aromatic heterocycles. The highest BCUT2D eigenvalue weighted by Gasteiger charge is 2.28. The number of nitrogens with two attached hydrogens (primary N) is 1. The van der Waals surface area contributed by atoms with Crippen molar-refractivity contribution < 1.29 is 9.59 Å². The predicted octanol–water partition coefficient (Wildman–Crippen LogP) is 1.92. The summed E-state index contributed by atoms with van der Waals surface area (Å²) in [5.74, 6) is 0.0606. The molecule has 126 valence electrons. The molecule has 0 radical (unpaired) electrons. The molecule has 1 aliphatic heterocycles. The second-order valence-electron chi connectivity index (χ2n) is 6.23. The summed E-state index contributed by atoms with van der Waals surface area (Å²) in [4.78, 5) is 26.2. The van der Waals surface area contributed by atoms with Crippen LogP contribution in [0.5, 0.6) is 0 Å². The summed E-state index contributed by atoms with van der Waals surface area (Å²) < 4.78 is 0. The van der Waals surface area contributed by atoms with Crippen molar-refractivity contribution in [3.63, 3.8) is 0 Å². The molecule has 2 unspecified atom stereocenters. The lowest BCUT2D eigenvalue weighted by atomic mass is 9.96. The van der Waals surface area contributed by atoms with Crippen molar-refractivity contribution in [2.24, 2.45) is 5.73 Å². The molecule has 1 aromatic carbocycles. The predicted molar refractivity (Wildman–Crippen MR) is 91.0 cm³/mol. The number of rotatable bonds is 6. The lowest BCUT2D eigenvalue weighted by Gasteiger charge is -2.38. The van der Waals surface area contributed by atoms with Crippen LogP contribution in [0, 0.1) is 0 Å². The highest BCUT2D eigenvalue weighted by atomic mass is 16.2. The molecule has 23 heavy (non-hydrogen) atoms. The van der Waals surface area contributed by atoms with Gasteiger partial charge in [-0.25, -0.2) is 0 Å². The minimum absolute atomic E-state index is 0.0111. The van der Waals surface area contributed by atoms with E-state index in [2.05, 4.69) is 5.32 Å². The van der Waals surface area contributed by atoms with Gasteiger partial charge < -0.3 is 16.0 Å². The number of carbonyl (C=O) groups is 2. The Labute approximate surface area is 138 Å². The summed E-state index contributed by atoms with van der Waals surface area (Å²) >= 11 is 0. The third-order valence-electron chi connectivity index (χ3n) is 4.37. The Hall–Kier alpha value is -1.88. The van der Waals surface area contributed by atoms with Crippen LogP contribution in [0.3, 0.4) is 0 Å². The summed E-state index contributed by atoms with van der Waals surface area (Å²) in [6, 6.07) is 9.28. The van der Waals surface area contributed by atoms with E-state index in [0.717, 1.165) is 25.8 Å². The van der Waals surface area contributed by atoms with Gasteiger partial charge in [0.25, 0.3) is 5.91 Å². The third-order valence-corrected chi connectivity index (χ3v) is 4.37. The van der Waals surface area contributed by atoms with E-state index in [9.17, 15) is 9.59 Å². The van der Waals surface area contributed by atoms with Crippen LogP contribution in [0.25, 0.3) is 0 Å². The molecule has 1 heterocycles. The normalized spacial score (nSPS) is 19.2. The number of piperidine rings is 1. The zero-order chi connectivity index (χ0) is 16.7. The van der Waals surface area contributed by atoms with Gasteiger partial charge in [-0.1, -0.05) is 18.2 Å². The largest absolute Gasteiger partial charge is 0.352 e. The van der Waals surface area contributed by atoms with Crippen molar-refractivity contribution in [2.45, 2.75) is 51.1 Å². The summed E-state index contributed by atoms with van der Waals surface area (Å²) in [7, 11) is 0. The highest BCUT2D eigenvalue weighted by molar-refractivity contribution is 5.94. The van der Waals surface area contributed by atoms with Gasteiger partial charge in [-0.2, -0.15) is 0 Å². The van der Waals surface area contributed by atoms with Crippen molar-refractivity contribution in [3.8, 4) is 0 Å². The molecule has 0 spiro atoms. The van der Waals surface area contributed by atoms with Gasteiger partial charge in [0.2, 0.25) is 5.91 Å². The quantitative estimate of drug-likeness (QED) is 0.787. The Balaban J connectivity index is 1.73. The van der Waals surface area contributed by atoms with E-state index in [0.29, 0.717) is 24.9 Å². The van der Waals surface area contributed by atoms with Crippen molar-refractivity contribution >= 4 is 11.8 Å². The van der Waals surface area contributed by atoms with Crippen LogP contribution in [-0.2, 0) is 4.79 Å². The monoisotopic (exact) mass is 317 g/mol. The summed E-state index contributed by atoms with van der Waals surface area (Å²) in [5, 5.41) is 2.86. The molecule has 5 nitrogen and oxygen atoms in total. The number of nitrogens with one attached hydrogen (secondary N) is 1. The van der Waals surface area contributed by atoms with Crippen LogP contribution in [0.15, 0.2) is 30.3 Å². The number of carbonyl (C=O) groups excluding carboxylic acids is 2. The van der Waals surface area contributed by atoms with E-state index < -0.39 is 0 Å². The molecule has 5 heteroatoms. The van der Waals surface area contributed by atoms with Gasteiger partial charge in [0, 0.05) is 37.2 Å². The summed E-state index contributed by atoms with van der Waals surface area (Å²) in [6.07, 6.45) is 4.30. The number of hydrogen-bond acceptors (Lipinski definition) is 3. The lowest BCUT2D eigenvalue weighted by Crippen LogP contribution is -2.51. The number of amides is 2. The Morgan fingerprint density at radius 3 is 2.74 bits per heavy atom. The molecule has 2 rings (SSSR count). The Morgan fingerprint density at radius 2 is 2.04 bits per heavy atom. The maximum Gasteiger partial charge on any atom is 0.251 e. The first-order chi connectivity index (χ1) is 11.1. The van der Waals surface area contributed by atoms with Crippen LogP contribution in [0.2, 0.25) is 0 Å². The average molecular weight is 317 g/mol. The van der Waals surface area contributed by atoms with Gasteiger partial charge in [-0.05, 0) is 44.7 Å². The van der Waals surface area contributed by atoms with Gasteiger partial charge in [-0.3, -0.25) is 9.59 Å². The van der Waals surface area contributed by atoms with E-state index in [1.165, 1.54) is 0 Å². The fourth-order valence-electron chi connectivity index (χ4n) is 3.09. The zero-order valence-electron chi connectivity index (χ0n) is 13.8. The van der Waals surface area contributed by atoms with Crippen LogP contribution < -0.4 is 11.1 Å². The van der Waals surface area contributed by atoms with Crippen LogP contribution in [0.4, 0.5) is 0 Å². The fraction of sp³-hybridized carbons (Fsp3) is 0.556. The first-order valence-corrected chi connectivity index (χ1v) is 8.48. The second-order valence-corrected chi connectivity index (χ2v) is 6.23. The molecule has 1 fully saturated rings. The molecular formula is C18H27N3O2. The lowest BCUT2D eigenvalue weighted by molar-refractivity contribution is -0.135. The number of nitrogens with zero attached hydrogens (tertiary/aromatic N) is 1. The molecule has 2 atom stereocenters. The van der Waals surface area contributed by atoms with Crippen molar-refractivity contribution in [2.75, 3.05) is 13.1 Å². The van der Waals surface area contributed by atoms with Gasteiger partial charge >= 0.3 is 0 Å². The average Bonchev–Trinajstić information content (AvgIpc) is 2.59. The fourth-order valence-corrected chi connectivity index (χ4v) is 3.09. The highest BCUT2D eigenvalue weighted by Crippen LogP contribution is 2.20. The number of hydrogen-bond donors (Lipinski definition) is 2. The van der Waals surface area contributed by atoms with E-state index in [-0.39, 0.29) is 23.9 Å².